The Bertz CT molecular complexity index is 2740. The Morgan fingerprint density at radius 1 is 1.00 bits per heavy atom. The summed E-state index contributed by atoms with van der Waals surface area (Å²) in [6.45, 7) is 11.8. The van der Waals surface area contributed by atoms with Gasteiger partial charge in [-0.1, -0.05) is 45.4 Å². The first-order valence-corrected chi connectivity index (χ1v) is 20.7. The van der Waals surface area contributed by atoms with Crippen molar-refractivity contribution in [2.75, 3.05) is 50.0 Å². The molecule has 8 rings (SSSR count). The van der Waals surface area contributed by atoms with Gasteiger partial charge in [-0.25, -0.2) is 9.97 Å². The number of amides is 1. The fraction of sp³-hybridized carbons (Fsp3) is 0.326. The lowest BCUT2D eigenvalue weighted by Crippen LogP contribution is -2.74. The number of pyridine rings is 1. The molecule has 1 aliphatic heterocycles. The van der Waals surface area contributed by atoms with Gasteiger partial charge in [0.05, 0.1) is 16.1 Å². The minimum absolute atomic E-state index is 0.0121. The molecule has 3 aromatic carbocycles. The zero-order valence-corrected chi connectivity index (χ0v) is 35.8. The second-order valence-corrected chi connectivity index (χ2v) is 17.3. The fourth-order valence-corrected chi connectivity index (χ4v) is 9.21. The Morgan fingerprint density at radius 2 is 1.73 bits per heavy atom. The van der Waals surface area contributed by atoms with Crippen molar-refractivity contribution in [3.05, 3.63) is 118 Å². The van der Waals surface area contributed by atoms with Crippen LogP contribution in [0.25, 0.3) is 22.0 Å². The molecule has 2 aliphatic rings. The topological polar surface area (TPSA) is 177 Å². The van der Waals surface area contributed by atoms with E-state index in [4.69, 9.17) is 31.5 Å². The number of aromatic nitrogens is 4. The smallest absolute Gasteiger partial charge is 0.274 e. The number of rotatable bonds is 12. The number of anilines is 2. The van der Waals surface area contributed by atoms with E-state index in [1.807, 2.05) is 6.07 Å². The average molecular weight is 860 g/mol. The van der Waals surface area contributed by atoms with Crippen LogP contribution in [0.15, 0.2) is 90.2 Å². The molecule has 0 atom stereocenters. The van der Waals surface area contributed by atoms with Crippen molar-refractivity contribution in [3.63, 3.8) is 0 Å². The number of aromatic amines is 1. The summed E-state index contributed by atoms with van der Waals surface area (Å²) in [6, 6.07) is 18.5. The number of ether oxygens (including phenoxy) is 3. The Kier molecular flexibility index (Phi) is 11.3. The highest BCUT2D eigenvalue weighted by Gasteiger charge is 2.64. The molecule has 16 heteroatoms. The van der Waals surface area contributed by atoms with E-state index in [1.54, 1.807) is 80.4 Å². The standard InChI is InChI=1S/C46H47ClFN9O5/c1-45(2)42(46(3,4)43(45)61-30-11-9-27(23-49)34(47)22-30)54-40(58)28-24-52-44(53-25-28)57-17-15-56(16-18-57)19-20-60-36-7-6-8-37(38(36)48)62-35-12-10-29(50)21-32(35)33-26-55(5)41(59)39-31(33)13-14-51-39/h6-14,21-22,24-26,42-43,51H,15-20,50H2,1-5H3,(H,54,58). The summed E-state index contributed by atoms with van der Waals surface area (Å²) in [6.07, 6.45) is 6.28. The molecular weight excluding hydrogens is 813 g/mol. The molecule has 62 heavy (non-hydrogen) atoms. The molecule has 4 heterocycles. The fourth-order valence-electron chi connectivity index (χ4n) is 9.00. The molecule has 0 unspecified atom stereocenters. The number of nitrogens with one attached hydrogen (secondary N) is 2. The summed E-state index contributed by atoms with van der Waals surface area (Å²) in [5.74, 6) is 0.621. The van der Waals surface area contributed by atoms with Gasteiger partial charge in [-0.2, -0.15) is 9.65 Å². The number of nitriles is 1. The molecule has 1 saturated carbocycles. The number of nitrogen functional groups attached to an aromatic ring is 1. The largest absolute Gasteiger partial charge is 0.489 e. The maximum absolute atomic E-state index is 15.8. The summed E-state index contributed by atoms with van der Waals surface area (Å²) in [5, 5.41) is 13.4. The van der Waals surface area contributed by atoms with Gasteiger partial charge in [0.1, 0.15) is 35.8 Å². The van der Waals surface area contributed by atoms with Crippen molar-refractivity contribution in [3.8, 4) is 40.2 Å². The molecule has 3 aromatic heterocycles. The van der Waals surface area contributed by atoms with E-state index in [1.165, 1.54) is 10.6 Å². The van der Waals surface area contributed by atoms with E-state index in [-0.39, 0.29) is 41.7 Å². The number of hydrogen-bond acceptors (Lipinski definition) is 11. The van der Waals surface area contributed by atoms with Crippen LogP contribution in [0.2, 0.25) is 5.02 Å². The third kappa shape index (κ3) is 7.99. The number of carbonyl (C=O) groups excluding carboxylic acids is 1. The molecule has 0 bridgehead atoms. The number of piperazine rings is 1. The van der Waals surface area contributed by atoms with Crippen molar-refractivity contribution in [2.45, 2.75) is 39.8 Å². The van der Waals surface area contributed by atoms with Crippen LogP contribution in [-0.2, 0) is 7.05 Å². The van der Waals surface area contributed by atoms with Crippen LogP contribution >= 0.6 is 11.6 Å². The highest BCUT2D eigenvalue weighted by atomic mass is 35.5. The second-order valence-electron chi connectivity index (χ2n) is 16.9. The third-order valence-corrected chi connectivity index (χ3v) is 12.3. The first-order valence-electron chi connectivity index (χ1n) is 20.3. The molecule has 2 fully saturated rings. The highest BCUT2D eigenvalue weighted by molar-refractivity contribution is 6.31. The van der Waals surface area contributed by atoms with Gasteiger partial charge in [-0.15, -0.1) is 0 Å². The number of halogens is 2. The summed E-state index contributed by atoms with van der Waals surface area (Å²) in [5.41, 5.74) is 8.15. The second kappa shape index (κ2) is 16.7. The van der Waals surface area contributed by atoms with Crippen LogP contribution in [0.3, 0.4) is 0 Å². The van der Waals surface area contributed by atoms with Crippen LogP contribution in [0, 0.1) is 28.0 Å². The van der Waals surface area contributed by atoms with Crippen LogP contribution in [0.5, 0.6) is 23.0 Å². The number of nitrogens with zero attached hydrogens (tertiary/aromatic N) is 6. The Labute approximate surface area is 363 Å². The maximum atomic E-state index is 15.8. The van der Waals surface area contributed by atoms with Crippen molar-refractivity contribution < 1.29 is 23.4 Å². The van der Waals surface area contributed by atoms with Crippen molar-refractivity contribution in [2.24, 2.45) is 17.9 Å². The average Bonchev–Trinajstić information content (AvgIpc) is 3.76. The van der Waals surface area contributed by atoms with Crippen LogP contribution in [0.4, 0.5) is 16.0 Å². The summed E-state index contributed by atoms with van der Waals surface area (Å²) in [4.78, 5) is 42.5. The van der Waals surface area contributed by atoms with Gasteiger partial charge in [-0.05, 0) is 48.5 Å². The molecule has 0 radical (unpaired) electrons. The van der Waals surface area contributed by atoms with Gasteiger partial charge in [0.15, 0.2) is 11.5 Å². The number of nitrogens with two attached hydrogens (primary N) is 1. The zero-order valence-electron chi connectivity index (χ0n) is 35.0. The van der Waals surface area contributed by atoms with E-state index in [0.29, 0.717) is 94.0 Å². The predicted molar refractivity (Wildman–Crippen MR) is 235 cm³/mol. The van der Waals surface area contributed by atoms with Gasteiger partial charge in [0.2, 0.25) is 11.8 Å². The molecule has 1 aliphatic carbocycles. The van der Waals surface area contributed by atoms with Gasteiger partial charge in [-0.3, -0.25) is 14.5 Å². The molecule has 4 N–H and O–H groups in total. The molecule has 6 aromatic rings. The monoisotopic (exact) mass is 859 g/mol. The van der Waals surface area contributed by atoms with Gasteiger partial charge < -0.3 is 39.7 Å². The van der Waals surface area contributed by atoms with Crippen molar-refractivity contribution >= 4 is 40.0 Å². The predicted octanol–water partition coefficient (Wildman–Crippen LogP) is 7.18. The molecule has 320 valence electrons. The first-order chi connectivity index (χ1) is 29.6. The van der Waals surface area contributed by atoms with E-state index in [0.717, 1.165) is 0 Å². The van der Waals surface area contributed by atoms with Crippen molar-refractivity contribution in [1.82, 2.24) is 29.7 Å². The number of carbonyl (C=O) groups is 1. The Balaban J connectivity index is 0.828. The quantitative estimate of drug-likeness (QED) is 0.106. The third-order valence-electron chi connectivity index (χ3n) is 12.0. The molecule has 14 nitrogen and oxygen atoms in total. The maximum Gasteiger partial charge on any atom is 0.274 e. The molecule has 0 spiro atoms. The Hall–Kier alpha value is -6.63. The van der Waals surface area contributed by atoms with E-state index in [2.05, 4.69) is 63.8 Å². The van der Waals surface area contributed by atoms with E-state index >= 15 is 4.39 Å². The number of benzene rings is 3. The van der Waals surface area contributed by atoms with Gasteiger partial charge in [0, 0.05) is 110 Å². The Morgan fingerprint density at radius 3 is 2.44 bits per heavy atom. The minimum atomic E-state index is -0.634. The minimum Gasteiger partial charge on any atom is -0.489 e. The molecular formula is C46H47ClFN9O5. The number of H-pyrrole nitrogens is 1. The van der Waals surface area contributed by atoms with Crippen LogP contribution in [-0.4, -0.2) is 81.8 Å². The summed E-state index contributed by atoms with van der Waals surface area (Å²) in [7, 11) is 1.67. The highest BCUT2D eigenvalue weighted by Crippen LogP contribution is 2.55. The van der Waals surface area contributed by atoms with E-state index in [9.17, 15) is 14.9 Å². The zero-order chi connectivity index (χ0) is 43.9. The lowest BCUT2D eigenvalue weighted by atomic mass is 9.49. The lowest BCUT2D eigenvalue weighted by Gasteiger charge is -2.63. The van der Waals surface area contributed by atoms with Crippen LogP contribution < -0.4 is 35.7 Å². The van der Waals surface area contributed by atoms with E-state index < -0.39 is 16.6 Å². The summed E-state index contributed by atoms with van der Waals surface area (Å²) < 4.78 is 35.8. The van der Waals surface area contributed by atoms with Crippen molar-refractivity contribution in [1.29, 1.82) is 5.26 Å². The number of fused-ring (bicyclic) bond motifs is 1. The first kappa shape index (κ1) is 42.1. The summed E-state index contributed by atoms with van der Waals surface area (Å²) >= 11 is 6.24. The lowest BCUT2D eigenvalue weighted by molar-refractivity contribution is -0.164. The molecule has 1 saturated heterocycles. The van der Waals surface area contributed by atoms with Gasteiger partial charge >= 0.3 is 0 Å². The van der Waals surface area contributed by atoms with Crippen LogP contribution in [0.1, 0.15) is 43.6 Å². The van der Waals surface area contributed by atoms with Gasteiger partial charge in [0.25, 0.3) is 11.5 Å². The normalized spacial score (nSPS) is 18.1. The number of hydrogen-bond donors (Lipinski definition) is 3. The SMILES string of the molecule is Cn1cc(-c2cc(N)ccc2Oc2cccc(OCCN3CCN(c4ncc(C(=O)NC5C(C)(C)C(Oc6ccc(C#N)c(Cl)c6)C5(C)C)cn4)CC3)c2F)c2cc[nH]c2c1=O. The molecule has 1 amide bonds. The number of aryl methyl sites for hydroxylation is 1.